The normalized spacial score (nSPS) is 20.2. The number of likely N-dealkylation sites (tertiary alicyclic amines) is 1. The van der Waals surface area contributed by atoms with Gasteiger partial charge in [-0.25, -0.2) is 0 Å². The molecule has 0 aromatic heterocycles. The number of rotatable bonds is 3. The molecule has 1 aromatic rings. The van der Waals surface area contributed by atoms with Crippen molar-refractivity contribution < 1.29 is 9.90 Å². The molecule has 2 rings (SSSR count). The van der Waals surface area contributed by atoms with Gasteiger partial charge in [-0.2, -0.15) is 0 Å². The van der Waals surface area contributed by atoms with Crippen LogP contribution in [0.25, 0.3) is 0 Å². The molecular formula is C14H19BrN2O2. The maximum Gasteiger partial charge on any atom is 0.237 e. The van der Waals surface area contributed by atoms with E-state index in [1.165, 1.54) is 0 Å². The van der Waals surface area contributed by atoms with Gasteiger partial charge < -0.3 is 10.4 Å². The van der Waals surface area contributed by atoms with Crippen LogP contribution in [0.5, 0.6) is 5.75 Å². The highest BCUT2D eigenvalue weighted by Crippen LogP contribution is 2.26. The lowest BCUT2D eigenvalue weighted by Gasteiger charge is -2.34. The smallest absolute Gasteiger partial charge is 0.237 e. The standard InChI is InChI=1S/C14H19BrN2O2/c1-16-14(19)12-4-2-3-7-17(12)9-10-8-11(15)5-6-13(10)18/h5-6,8,12,18H,2-4,7,9H2,1H3,(H,16,19). The average molecular weight is 327 g/mol. The van der Waals surface area contributed by atoms with Gasteiger partial charge in [0, 0.05) is 23.6 Å². The number of carbonyl (C=O) groups excluding carboxylic acids is 1. The molecule has 1 unspecified atom stereocenters. The number of amides is 1. The third kappa shape index (κ3) is 3.48. The molecule has 0 spiro atoms. The minimum absolute atomic E-state index is 0.0641. The lowest BCUT2D eigenvalue weighted by atomic mass is 10.0. The summed E-state index contributed by atoms with van der Waals surface area (Å²) in [6.07, 6.45) is 3.07. The summed E-state index contributed by atoms with van der Waals surface area (Å²) in [6.45, 7) is 1.49. The number of piperidine rings is 1. The third-order valence-corrected chi connectivity index (χ3v) is 4.07. The van der Waals surface area contributed by atoms with Crippen LogP contribution >= 0.6 is 15.9 Å². The Morgan fingerprint density at radius 3 is 3.05 bits per heavy atom. The average Bonchev–Trinajstić information content (AvgIpc) is 2.42. The zero-order chi connectivity index (χ0) is 13.8. The van der Waals surface area contributed by atoms with Gasteiger partial charge >= 0.3 is 0 Å². The van der Waals surface area contributed by atoms with Gasteiger partial charge in [-0.3, -0.25) is 9.69 Å². The Hall–Kier alpha value is -1.07. The molecule has 0 radical (unpaired) electrons. The number of nitrogens with zero attached hydrogens (tertiary/aromatic N) is 1. The molecule has 1 heterocycles. The number of likely N-dealkylation sites (N-methyl/N-ethyl adjacent to an activating group) is 1. The molecule has 104 valence electrons. The second-order valence-electron chi connectivity index (χ2n) is 4.87. The lowest BCUT2D eigenvalue weighted by molar-refractivity contribution is -0.127. The molecule has 1 aliphatic rings. The molecule has 1 atom stereocenters. The van der Waals surface area contributed by atoms with E-state index in [9.17, 15) is 9.90 Å². The summed E-state index contributed by atoms with van der Waals surface area (Å²) in [5.41, 5.74) is 0.852. The number of hydrogen-bond donors (Lipinski definition) is 2. The summed E-state index contributed by atoms with van der Waals surface area (Å²) in [5.74, 6) is 0.346. The number of nitrogens with one attached hydrogen (secondary N) is 1. The number of aromatic hydroxyl groups is 1. The SMILES string of the molecule is CNC(=O)C1CCCCN1Cc1cc(Br)ccc1O. The van der Waals surface area contributed by atoms with Gasteiger partial charge in [0.25, 0.3) is 0 Å². The molecule has 1 aromatic carbocycles. The van der Waals surface area contributed by atoms with Crippen molar-refractivity contribution in [2.45, 2.75) is 31.8 Å². The highest BCUT2D eigenvalue weighted by atomic mass is 79.9. The molecule has 1 aliphatic heterocycles. The Bertz CT molecular complexity index is 465. The first-order chi connectivity index (χ1) is 9.11. The van der Waals surface area contributed by atoms with Crippen LogP contribution in [0.2, 0.25) is 0 Å². The van der Waals surface area contributed by atoms with Crippen LogP contribution in [0.3, 0.4) is 0 Å². The maximum atomic E-state index is 11.9. The summed E-state index contributed by atoms with van der Waals surface area (Å²) in [4.78, 5) is 14.0. The van der Waals surface area contributed by atoms with E-state index in [1.54, 1.807) is 13.1 Å². The highest BCUT2D eigenvalue weighted by molar-refractivity contribution is 9.10. The molecule has 1 amide bonds. The van der Waals surface area contributed by atoms with E-state index >= 15 is 0 Å². The molecule has 1 fully saturated rings. The van der Waals surface area contributed by atoms with E-state index in [-0.39, 0.29) is 17.7 Å². The highest BCUT2D eigenvalue weighted by Gasteiger charge is 2.28. The van der Waals surface area contributed by atoms with Crippen molar-refractivity contribution in [1.29, 1.82) is 0 Å². The molecule has 19 heavy (non-hydrogen) atoms. The van der Waals surface area contributed by atoms with Crippen molar-refractivity contribution in [2.24, 2.45) is 0 Å². The molecule has 4 nitrogen and oxygen atoms in total. The maximum absolute atomic E-state index is 11.9. The van der Waals surface area contributed by atoms with Gasteiger partial charge in [0.15, 0.2) is 0 Å². The van der Waals surface area contributed by atoms with Crippen molar-refractivity contribution >= 4 is 21.8 Å². The number of benzene rings is 1. The van der Waals surface area contributed by atoms with E-state index < -0.39 is 0 Å². The van der Waals surface area contributed by atoms with Crippen LogP contribution in [0.1, 0.15) is 24.8 Å². The molecule has 2 N–H and O–H groups in total. The van der Waals surface area contributed by atoms with E-state index in [4.69, 9.17) is 0 Å². The number of phenolic OH excluding ortho intramolecular Hbond substituents is 1. The fourth-order valence-electron chi connectivity index (χ4n) is 2.54. The Labute approximate surface area is 121 Å². The monoisotopic (exact) mass is 326 g/mol. The Morgan fingerprint density at radius 2 is 2.32 bits per heavy atom. The first kappa shape index (κ1) is 14.3. The lowest BCUT2D eigenvalue weighted by Crippen LogP contribution is -2.48. The second-order valence-corrected chi connectivity index (χ2v) is 5.79. The Balaban J connectivity index is 2.15. The third-order valence-electron chi connectivity index (χ3n) is 3.58. The summed E-state index contributed by atoms with van der Waals surface area (Å²) in [6, 6.07) is 5.31. The number of halogens is 1. The first-order valence-corrected chi connectivity index (χ1v) is 7.34. The molecule has 0 saturated carbocycles. The van der Waals surface area contributed by atoms with Crippen LogP contribution in [0.4, 0.5) is 0 Å². The Kier molecular flexibility index (Phi) is 4.82. The van der Waals surface area contributed by atoms with Crippen LogP contribution in [-0.4, -0.2) is 35.5 Å². The quantitative estimate of drug-likeness (QED) is 0.895. The van der Waals surface area contributed by atoms with Gasteiger partial charge in [0.05, 0.1) is 6.04 Å². The summed E-state index contributed by atoms with van der Waals surface area (Å²) >= 11 is 3.41. The minimum Gasteiger partial charge on any atom is -0.508 e. The number of phenols is 1. The second kappa shape index (κ2) is 6.39. The predicted octanol–water partition coefficient (Wildman–Crippen LogP) is 2.26. The van der Waals surface area contributed by atoms with Gasteiger partial charge in [0.2, 0.25) is 5.91 Å². The number of hydrogen-bond acceptors (Lipinski definition) is 3. The molecule has 5 heteroatoms. The fraction of sp³-hybridized carbons (Fsp3) is 0.500. The van der Waals surface area contributed by atoms with Crippen molar-refractivity contribution in [3.8, 4) is 5.75 Å². The van der Waals surface area contributed by atoms with E-state index in [1.807, 2.05) is 12.1 Å². The molecular weight excluding hydrogens is 308 g/mol. The molecule has 0 aliphatic carbocycles. The summed E-state index contributed by atoms with van der Waals surface area (Å²) in [7, 11) is 1.67. The topological polar surface area (TPSA) is 52.6 Å². The zero-order valence-corrected chi connectivity index (χ0v) is 12.6. The van der Waals surface area contributed by atoms with Gasteiger partial charge in [0.1, 0.15) is 5.75 Å². The van der Waals surface area contributed by atoms with Crippen molar-refractivity contribution in [2.75, 3.05) is 13.6 Å². The predicted molar refractivity (Wildman–Crippen MR) is 77.9 cm³/mol. The van der Waals surface area contributed by atoms with E-state index in [2.05, 4.69) is 26.1 Å². The van der Waals surface area contributed by atoms with E-state index in [0.29, 0.717) is 6.54 Å². The zero-order valence-electron chi connectivity index (χ0n) is 11.0. The van der Waals surface area contributed by atoms with Crippen LogP contribution < -0.4 is 5.32 Å². The Morgan fingerprint density at radius 1 is 1.53 bits per heavy atom. The van der Waals surface area contributed by atoms with Crippen LogP contribution in [-0.2, 0) is 11.3 Å². The van der Waals surface area contributed by atoms with Crippen LogP contribution in [0, 0.1) is 0 Å². The van der Waals surface area contributed by atoms with Crippen molar-refractivity contribution in [1.82, 2.24) is 10.2 Å². The summed E-state index contributed by atoms with van der Waals surface area (Å²) in [5, 5.41) is 12.6. The summed E-state index contributed by atoms with van der Waals surface area (Å²) < 4.78 is 0.939. The first-order valence-electron chi connectivity index (χ1n) is 6.55. The van der Waals surface area contributed by atoms with Gasteiger partial charge in [-0.1, -0.05) is 22.4 Å². The molecule has 0 bridgehead atoms. The van der Waals surface area contributed by atoms with E-state index in [0.717, 1.165) is 35.8 Å². The number of carbonyl (C=O) groups is 1. The minimum atomic E-state index is -0.0860. The largest absolute Gasteiger partial charge is 0.508 e. The van der Waals surface area contributed by atoms with Crippen molar-refractivity contribution in [3.63, 3.8) is 0 Å². The van der Waals surface area contributed by atoms with Gasteiger partial charge in [-0.05, 0) is 37.6 Å². The van der Waals surface area contributed by atoms with Crippen molar-refractivity contribution in [3.05, 3.63) is 28.2 Å². The van der Waals surface area contributed by atoms with Crippen LogP contribution in [0.15, 0.2) is 22.7 Å². The van der Waals surface area contributed by atoms with Gasteiger partial charge in [-0.15, -0.1) is 0 Å². The molecule has 1 saturated heterocycles. The fourth-order valence-corrected chi connectivity index (χ4v) is 2.95.